The molecule has 0 aliphatic carbocycles. The van der Waals surface area contributed by atoms with Gasteiger partial charge in [-0.3, -0.25) is 4.79 Å². The lowest BCUT2D eigenvalue weighted by molar-refractivity contribution is 0.154. The first kappa shape index (κ1) is 11.8. The van der Waals surface area contributed by atoms with Gasteiger partial charge in [-0.05, 0) is 24.6 Å². The van der Waals surface area contributed by atoms with Gasteiger partial charge in [-0.1, -0.05) is 18.2 Å². The predicted molar refractivity (Wildman–Crippen MR) is 68.1 cm³/mol. The highest BCUT2D eigenvalue weighted by Gasteiger charge is 2.07. The number of aliphatic hydroxyl groups excluding tert-OH is 1. The third-order valence-corrected chi connectivity index (χ3v) is 2.73. The van der Waals surface area contributed by atoms with Crippen LogP contribution in [0.5, 0.6) is 0 Å². The lowest BCUT2D eigenvalue weighted by atomic mass is 10.2. The van der Waals surface area contributed by atoms with Crippen molar-refractivity contribution in [1.82, 2.24) is 9.88 Å². The number of hydrogen-bond acceptors (Lipinski definition) is 3. The van der Waals surface area contributed by atoms with Crippen molar-refractivity contribution in [3.05, 3.63) is 46.8 Å². The van der Waals surface area contributed by atoms with Crippen LogP contribution < -0.4 is 10.9 Å². The van der Waals surface area contributed by atoms with E-state index in [0.29, 0.717) is 13.1 Å². The molecule has 2 N–H and O–H groups in total. The van der Waals surface area contributed by atoms with Gasteiger partial charge in [0.15, 0.2) is 0 Å². The van der Waals surface area contributed by atoms with Gasteiger partial charge in [-0.15, -0.1) is 0 Å². The van der Waals surface area contributed by atoms with E-state index in [1.807, 2.05) is 24.3 Å². The van der Waals surface area contributed by atoms with E-state index in [2.05, 4.69) is 5.32 Å². The average Bonchev–Trinajstić information content (AvgIpc) is 2.33. The van der Waals surface area contributed by atoms with Gasteiger partial charge in [-0.2, -0.15) is 0 Å². The molecule has 0 spiro atoms. The number of benzene rings is 1. The lowest BCUT2D eigenvalue weighted by Gasteiger charge is -2.14. The molecule has 0 radical (unpaired) electrons. The molecule has 1 atom stereocenters. The zero-order valence-electron chi connectivity index (χ0n) is 9.76. The van der Waals surface area contributed by atoms with E-state index in [1.165, 1.54) is 6.07 Å². The van der Waals surface area contributed by atoms with Crippen LogP contribution >= 0.6 is 0 Å². The van der Waals surface area contributed by atoms with Crippen molar-refractivity contribution in [3.63, 3.8) is 0 Å². The molecule has 1 heterocycles. The number of pyridine rings is 1. The maximum absolute atomic E-state index is 11.8. The number of aliphatic hydroxyl groups is 1. The second-order valence-electron chi connectivity index (χ2n) is 4.05. The molecule has 0 amide bonds. The molecular formula is C13H16N2O2. The smallest absolute Gasteiger partial charge is 0.251 e. The van der Waals surface area contributed by atoms with Crippen molar-refractivity contribution < 1.29 is 5.11 Å². The molecule has 0 saturated carbocycles. The highest BCUT2D eigenvalue weighted by molar-refractivity contribution is 5.78. The normalized spacial score (nSPS) is 12.8. The van der Waals surface area contributed by atoms with Crippen molar-refractivity contribution in [3.8, 4) is 0 Å². The zero-order valence-corrected chi connectivity index (χ0v) is 9.76. The minimum atomic E-state index is -0.566. The second kappa shape index (κ2) is 5.12. The third-order valence-electron chi connectivity index (χ3n) is 2.73. The fourth-order valence-corrected chi connectivity index (χ4v) is 1.94. The van der Waals surface area contributed by atoms with Crippen molar-refractivity contribution >= 4 is 10.9 Å². The third kappa shape index (κ3) is 2.54. The standard InChI is InChI=1S/C13H16N2O2/c1-14-8-11(16)9-15-12-5-3-2-4-10(12)6-7-13(15)17/h2-7,11,14,16H,8-9H2,1H3. The SMILES string of the molecule is CNCC(O)Cn1c(=O)ccc2ccccc21. The van der Waals surface area contributed by atoms with E-state index in [4.69, 9.17) is 0 Å². The van der Waals surface area contributed by atoms with Gasteiger partial charge < -0.3 is 15.0 Å². The van der Waals surface area contributed by atoms with Crippen molar-refractivity contribution in [2.45, 2.75) is 12.6 Å². The Bertz CT molecular complexity index is 563. The number of likely N-dealkylation sites (N-methyl/N-ethyl adjacent to an activating group) is 1. The predicted octanol–water partition coefficient (Wildman–Crippen LogP) is 0.582. The summed E-state index contributed by atoms with van der Waals surface area (Å²) in [5, 5.41) is 13.7. The molecule has 4 heteroatoms. The van der Waals surface area contributed by atoms with Crippen LogP contribution in [0.3, 0.4) is 0 Å². The summed E-state index contributed by atoms with van der Waals surface area (Å²) < 4.78 is 1.61. The van der Waals surface area contributed by atoms with Crippen LogP contribution in [0.15, 0.2) is 41.2 Å². The van der Waals surface area contributed by atoms with E-state index in [9.17, 15) is 9.90 Å². The maximum Gasteiger partial charge on any atom is 0.251 e. The van der Waals surface area contributed by atoms with Crippen LogP contribution in [0.1, 0.15) is 0 Å². The number of para-hydroxylation sites is 1. The van der Waals surface area contributed by atoms with E-state index >= 15 is 0 Å². The Hall–Kier alpha value is -1.65. The van der Waals surface area contributed by atoms with Crippen LogP contribution in [0, 0.1) is 0 Å². The number of nitrogens with one attached hydrogen (secondary N) is 1. The molecule has 0 aliphatic rings. The van der Waals surface area contributed by atoms with E-state index in [0.717, 1.165) is 10.9 Å². The van der Waals surface area contributed by atoms with Crippen LogP contribution in [0.25, 0.3) is 10.9 Å². The first-order valence-corrected chi connectivity index (χ1v) is 5.63. The molecule has 0 saturated heterocycles. The summed E-state index contributed by atoms with van der Waals surface area (Å²) in [6.07, 6.45) is -0.566. The van der Waals surface area contributed by atoms with Crippen LogP contribution in [0.2, 0.25) is 0 Å². The number of hydrogen-bond donors (Lipinski definition) is 2. The Kier molecular flexibility index (Phi) is 3.56. The van der Waals surface area contributed by atoms with Crippen LogP contribution in [0.4, 0.5) is 0 Å². The molecule has 4 nitrogen and oxygen atoms in total. The molecule has 0 fully saturated rings. The van der Waals surface area contributed by atoms with Crippen LogP contribution in [-0.2, 0) is 6.54 Å². The highest BCUT2D eigenvalue weighted by Crippen LogP contribution is 2.11. The summed E-state index contributed by atoms with van der Waals surface area (Å²) in [7, 11) is 1.77. The maximum atomic E-state index is 11.8. The van der Waals surface area contributed by atoms with Gasteiger partial charge in [0.1, 0.15) is 0 Å². The fraction of sp³-hybridized carbons (Fsp3) is 0.308. The number of nitrogens with zero attached hydrogens (tertiary/aromatic N) is 1. The minimum absolute atomic E-state index is 0.0844. The van der Waals surface area contributed by atoms with Gasteiger partial charge >= 0.3 is 0 Å². The Morgan fingerprint density at radius 2 is 2.06 bits per heavy atom. The Labute approximate surface area is 99.5 Å². The number of aromatic nitrogens is 1. The quantitative estimate of drug-likeness (QED) is 0.811. The van der Waals surface area contributed by atoms with Crippen LogP contribution in [-0.4, -0.2) is 29.4 Å². The fourth-order valence-electron chi connectivity index (χ4n) is 1.94. The van der Waals surface area contributed by atoms with Gasteiger partial charge in [0, 0.05) is 12.6 Å². The van der Waals surface area contributed by atoms with Gasteiger partial charge in [-0.25, -0.2) is 0 Å². The number of fused-ring (bicyclic) bond motifs is 1. The minimum Gasteiger partial charge on any atom is -0.390 e. The zero-order chi connectivity index (χ0) is 12.3. The summed E-state index contributed by atoms with van der Waals surface area (Å²) in [5.74, 6) is 0. The molecule has 1 unspecified atom stereocenters. The molecule has 0 aliphatic heterocycles. The Morgan fingerprint density at radius 1 is 1.29 bits per heavy atom. The van der Waals surface area contributed by atoms with Gasteiger partial charge in [0.25, 0.3) is 5.56 Å². The molecule has 2 rings (SSSR count). The molecule has 2 aromatic rings. The van der Waals surface area contributed by atoms with E-state index in [1.54, 1.807) is 17.7 Å². The second-order valence-corrected chi connectivity index (χ2v) is 4.05. The highest BCUT2D eigenvalue weighted by atomic mass is 16.3. The average molecular weight is 232 g/mol. The summed E-state index contributed by atoms with van der Waals surface area (Å²) in [4.78, 5) is 11.8. The molecule has 1 aromatic heterocycles. The monoisotopic (exact) mass is 232 g/mol. The van der Waals surface area contributed by atoms with E-state index < -0.39 is 6.10 Å². The van der Waals surface area contributed by atoms with E-state index in [-0.39, 0.29) is 5.56 Å². The van der Waals surface area contributed by atoms with Crippen molar-refractivity contribution in [1.29, 1.82) is 0 Å². The topological polar surface area (TPSA) is 54.3 Å². The number of rotatable bonds is 4. The van der Waals surface area contributed by atoms with Gasteiger partial charge in [0.2, 0.25) is 0 Å². The largest absolute Gasteiger partial charge is 0.390 e. The first-order chi connectivity index (χ1) is 8.22. The molecular weight excluding hydrogens is 216 g/mol. The molecule has 90 valence electrons. The molecule has 0 bridgehead atoms. The summed E-state index contributed by atoms with van der Waals surface area (Å²) in [5.41, 5.74) is 0.772. The molecule has 17 heavy (non-hydrogen) atoms. The Morgan fingerprint density at radius 3 is 2.82 bits per heavy atom. The first-order valence-electron chi connectivity index (χ1n) is 5.63. The summed E-state index contributed by atoms with van der Waals surface area (Å²) in [6.45, 7) is 0.774. The lowest BCUT2D eigenvalue weighted by Crippen LogP contribution is -2.32. The van der Waals surface area contributed by atoms with Crippen molar-refractivity contribution in [2.75, 3.05) is 13.6 Å². The molecule has 1 aromatic carbocycles. The summed E-state index contributed by atoms with van der Waals surface area (Å²) in [6, 6.07) is 11.0. The Balaban J connectivity index is 2.44. The summed E-state index contributed by atoms with van der Waals surface area (Å²) >= 11 is 0. The van der Waals surface area contributed by atoms with Crippen molar-refractivity contribution in [2.24, 2.45) is 0 Å². The van der Waals surface area contributed by atoms with Gasteiger partial charge in [0.05, 0.1) is 18.2 Å².